The Hall–Kier alpha value is -0.700. The molecular weight excluding hydrogens is 302 g/mol. The van der Waals surface area contributed by atoms with Crippen LogP contribution in [0.4, 0.5) is 5.69 Å². The second-order valence-electron chi connectivity index (χ2n) is 5.54. The molecule has 106 valence electrons. The number of hydrogen-bond acceptors (Lipinski definition) is 2. The molecule has 1 N–H and O–H groups in total. The van der Waals surface area contributed by atoms with Gasteiger partial charge in [0, 0.05) is 11.0 Å². The van der Waals surface area contributed by atoms with Gasteiger partial charge in [-0.25, -0.2) is 0 Å². The Morgan fingerprint density at radius 3 is 2.53 bits per heavy atom. The molecule has 0 aromatic heterocycles. The average molecular weight is 326 g/mol. The van der Waals surface area contributed by atoms with Gasteiger partial charge in [0.25, 0.3) is 0 Å². The second-order valence-corrected chi connectivity index (χ2v) is 6.45. The number of benzene rings is 1. The largest absolute Gasteiger partial charge is 0.495 e. The molecule has 1 fully saturated rings. The number of nitrogens with one attached hydrogen (secondary N) is 1. The molecule has 1 aromatic carbocycles. The van der Waals surface area contributed by atoms with Crippen LogP contribution in [0.5, 0.6) is 5.75 Å². The highest BCUT2D eigenvalue weighted by atomic mass is 79.9. The van der Waals surface area contributed by atoms with Crippen LogP contribution in [-0.2, 0) is 0 Å². The standard InChI is InChI=1S/C16H24BrNO/c1-12-9-14(17)10-15(19-2)16(12)18-11-13-7-5-3-4-6-8-13/h9-10,13,18H,3-8,11H2,1-2H3. The SMILES string of the molecule is COc1cc(Br)cc(C)c1NCC1CCCCCC1. The third-order valence-electron chi connectivity index (χ3n) is 4.03. The lowest BCUT2D eigenvalue weighted by Crippen LogP contribution is -2.14. The first-order valence-corrected chi connectivity index (χ1v) is 8.08. The van der Waals surface area contributed by atoms with E-state index in [4.69, 9.17) is 4.74 Å². The molecule has 0 unspecified atom stereocenters. The lowest BCUT2D eigenvalue weighted by molar-refractivity contribution is 0.414. The normalized spacial score (nSPS) is 17.0. The van der Waals surface area contributed by atoms with Crippen molar-refractivity contribution < 1.29 is 4.74 Å². The van der Waals surface area contributed by atoms with Gasteiger partial charge in [-0.1, -0.05) is 41.6 Å². The van der Waals surface area contributed by atoms with Crippen LogP contribution in [-0.4, -0.2) is 13.7 Å². The van der Waals surface area contributed by atoms with E-state index in [0.717, 1.165) is 28.4 Å². The molecule has 0 bridgehead atoms. The minimum Gasteiger partial charge on any atom is -0.495 e. The Morgan fingerprint density at radius 2 is 1.89 bits per heavy atom. The molecule has 1 aromatic rings. The van der Waals surface area contributed by atoms with E-state index in [1.54, 1.807) is 7.11 Å². The molecule has 1 aliphatic carbocycles. The van der Waals surface area contributed by atoms with Gasteiger partial charge < -0.3 is 10.1 Å². The van der Waals surface area contributed by atoms with Crippen LogP contribution < -0.4 is 10.1 Å². The molecule has 0 amide bonds. The van der Waals surface area contributed by atoms with Gasteiger partial charge in [0.15, 0.2) is 0 Å². The molecular formula is C16H24BrNO. The van der Waals surface area contributed by atoms with Crippen molar-refractivity contribution in [2.45, 2.75) is 45.4 Å². The van der Waals surface area contributed by atoms with E-state index in [-0.39, 0.29) is 0 Å². The number of halogens is 1. The molecule has 0 atom stereocenters. The van der Waals surface area contributed by atoms with Crippen molar-refractivity contribution in [2.75, 3.05) is 19.0 Å². The highest BCUT2D eigenvalue weighted by Gasteiger charge is 2.14. The smallest absolute Gasteiger partial charge is 0.143 e. The number of hydrogen-bond donors (Lipinski definition) is 1. The van der Waals surface area contributed by atoms with E-state index < -0.39 is 0 Å². The monoisotopic (exact) mass is 325 g/mol. The summed E-state index contributed by atoms with van der Waals surface area (Å²) in [5.41, 5.74) is 2.38. The number of aryl methyl sites for hydroxylation is 1. The third-order valence-corrected chi connectivity index (χ3v) is 4.48. The van der Waals surface area contributed by atoms with Crippen molar-refractivity contribution in [3.63, 3.8) is 0 Å². The fourth-order valence-corrected chi connectivity index (χ4v) is 3.47. The highest BCUT2D eigenvalue weighted by molar-refractivity contribution is 9.10. The minimum absolute atomic E-state index is 0.815. The Bertz CT molecular complexity index is 411. The van der Waals surface area contributed by atoms with Gasteiger partial charge in [0.2, 0.25) is 0 Å². The fourth-order valence-electron chi connectivity index (χ4n) is 2.91. The van der Waals surface area contributed by atoms with Crippen molar-refractivity contribution in [3.8, 4) is 5.75 Å². The van der Waals surface area contributed by atoms with Crippen molar-refractivity contribution >= 4 is 21.6 Å². The number of anilines is 1. The van der Waals surface area contributed by atoms with Gasteiger partial charge in [0.1, 0.15) is 5.75 Å². The van der Waals surface area contributed by atoms with Crippen LogP contribution in [0.3, 0.4) is 0 Å². The van der Waals surface area contributed by atoms with Crippen molar-refractivity contribution in [3.05, 3.63) is 22.2 Å². The van der Waals surface area contributed by atoms with E-state index in [2.05, 4.69) is 34.2 Å². The molecule has 1 aliphatic rings. The maximum atomic E-state index is 5.48. The highest BCUT2D eigenvalue weighted by Crippen LogP contribution is 2.33. The summed E-state index contributed by atoms with van der Waals surface area (Å²) in [5.74, 6) is 1.75. The van der Waals surface area contributed by atoms with E-state index >= 15 is 0 Å². The van der Waals surface area contributed by atoms with Gasteiger partial charge >= 0.3 is 0 Å². The van der Waals surface area contributed by atoms with Crippen molar-refractivity contribution in [1.29, 1.82) is 0 Å². The van der Waals surface area contributed by atoms with Gasteiger partial charge in [-0.05, 0) is 43.4 Å². The molecule has 0 radical (unpaired) electrons. The van der Waals surface area contributed by atoms with E-state index in [1.165, 1.54) is 44.1 Å². The maximum absolute atomic E-state index is 5.48. The lowest BCUT2D eigenvalue weighted by atomic mass is 10.00. The molecule has 1 saturated carbocycles. The molecule has 0 saturated heterocycles. The van der Waals surface area contributed by atoms with Crippen LogP contribution >= 0.6 is 15.9 Å². The topological polar surface area (TPSA) is 21.3 Å². The Kier molecular flexibility index (Phi) is 5.56. The van der Waals surface area contributed by atoms with Gasteiger partial charge in [0.05, 0.1) is 12.8 Å². The number of methoxy groups -OCH3 is 1. The average Bonchev–Trinajstić information content (AvgIpc) is 2.65. The lowest BCUT2D eigenvalue weighted by Gasteiger charge is -2.19. The first-order valence-electron chi connectivity index (χ1n) is 7.28. The first-order chi connectivity index (χ1) is 9.20. The Labute approximate surface area is 125 Å². The summed E-state index contributed by atoms with van der Waals surface area (Å²) in [6.45, 7) is 3.20. The molecule has 19 heavy (non-hydrogen) atoms. The summed E-state index contributed by atoms with van der Waals surface area (Å²) in [6.07, 6.45) is 8.34. The predicted octanol–water partition coefficient (Wildman–Crippen LogP) is 5.15. The first kappa shape index (κ1) is 14.7. The van der Waals surface area contributed by atoms with Crippen molar-refractivity contribution in [2.24, 2.45) is 5.92 Å². The van der Waals surface area contributed by atoms with Crippen LogP contribution in [0.25, 0.3) is 0 Å². The minimum atomic E-state index is 0.815. The fraction of sp³-hybridized carbons (Fsp3) is 0.625. The second kappa shape index (κ2) is 7.18. The zero-order valence-electron chi connectivity index (χ0n) is 12.0. The zero-order valence-corrected chi connectivity index (χ0v) is 13.6. The summed E-state index contributed by atoms with van der Waals surface area (Å²) in [6, 6.07) is 4.17. The van der Waals surface area contributed by atoms with Gasteiger partial charge in [-0.15, -0.1) is 0 Å². The zero-order chi connectivity index (χ0) is 13.7. The van der Waals surface area contributed by atoms with Crippen molar-refractivity contribution in [1.82, 2.24) is 0 Å². The van der Waals surface area contributed by atoms with Crippen LogP contribution in [0, 0.1) is 12.8 Å². The number of ether oxygens (including phenoxy) is 1. The van der Waals surface area contributed by atoms with E-state index in [0.29, 0.717) is 0 Å². The molecule has 0 heterocycles. The molecule has 0 spiro atoms. The summed E-state index contributed by atoms with van der Waals surface area (Å²) < 4.78 is 6.55. The van der Waals surface area contributed by atoms with Crippen LogP contribution in [0.15, 0.2) is 16.6 Å². The number of rotatable bonds is 4. The van der Waals surface area contributed by atoms with E-state index in [1.807, 2.05) is 6.07 Å². The van der Waals surface area contributed by atoms with E-state index in [9.17, 15) is 0 Å². The summed E-state index contributed by atoms with van der Waals surface area (Å²) in [4.78, 5) is 0. The quantitative estimate of drug-likeness (QED) is 0.773. The Balaban J connectivity index is 2.02. The summed E-state index contributed by atoms with van der Waals surface area (Å²) >= 11 is 3.52. The molecule has 2 nitrogen and oxygen atoms in total. The van der Waals surface area contributed by atoms with Crippen LogP contribution in [0.1, 0.15) is 44.1 Å². The third kappa shape index (κ3) is 4.13. The Morgan fingerprint density at radius 1 is 1.21 bits per heavy atom. The predicted molar refractivity (Wildman–Crippen MR) is 85.1 cm³/mol. The van der Waals surface area contributed by atoms with Gasteiger partial charge in [-0.2, -0.15) is 0 Å². The van der Waals surface area contributed by atoms with Crippen LogP contribution in [0.2, 0.25) is 0 Å². The maximum Gasteiger partial charge on any atom is 0.143 e. The summed E-state index contributed by atoms with van der Waals surface area (Å²) in [5, 5.41) is 3.61. The molecule has 3 heteroatoms. The van der Waals surface area contributed by atoms with Gasteiger partial charge in [-0.3, -0.25) is 0 Å². The molecule has 0 aliphatic heterocycles. The summed E-state index contributed by atoms with van der Waals surface area (Å²) in [7, 11) is 1.73. The molecule has 2 rings (SSSR count).